The van der Waals surface area contributed by atoms with Crippen LogP contribution in [0, 0.1) is 0 Å². The van der Waals surface area contributed by atoms with Gasteiger partial charge in [0.05, 0.1) is 19.3 Å². The minimum absolute atomic E-state index is 0.199. The van der Waals surface area contributed by atoms with Crippen molar-refractivity contribution in [2.45, 2.75) is 19.4 Å². The topological polar surface area (TPSA) is 35.4 Å². The van der Waals surface area contributed by atoms with Gasteiger partial charge in [0.25, 0.3) is 0 Å². The zero-order chi connectivity index (χ0) is 13.1. The van der Waals surface area contributed by atoms with Crippen LogP contribution in [0.5, 0.6) is 11.5 Å². The van der Waals surface area contributed by atoms with Crippen LogP contribution in [-0.4, -0.2) is 17.9 Å². The molecule has 0 amide bonds. The summed E-state index contributed by atoms with van der Waals surface area (Å²) in [6, 6.07) is 10.3. The van der Waals surface area contributed by atoms with Gasteiger partial charge in [0, 0.05) is 18.8 Å². The number of hydrogen-bond donors (Lipinski definition) is 1. The molecule has 0 radical (unpaired) electrons. The Hall–Kier alpha value is -2.10. The van der Waals surface area contributed by atoms with Gasteiger partial charge in [-0.05, 0) is 36.8 Å². The van der Waals surface area contributed by atoms with Gasteiger partial charge in [0.1, 0.15) is 0 Å². The molecule has 100 valence electrons. The Labute approximate surface area is 112 Å². The molecular weight excluding hydrogens is 240 g/mol. The molecule has 4 nitrogen and oxygen atoms in total. The molecule has 1 N–H and O–H groups in total. The van der Waals surface area contributed by atoms with Crippen molar-refractivity contribution in [1.82, 2.24) is 4.68 Å². The van der Waals surface area contributed by atoms with Gasteiger partial charge < -0.3 is 14.9 Å². The maximum absolute atomic E-state index is 5.71. The number of ether oxygens (including phenoxy) is 2. The minimum Gasteiger partial charge on any atom is -0.490 e. The van der Waals surface area contributed by atoms with Crippen LogP contribution in [0.2, 0.25) is 0 Å². The molecular formula is C15H18N2O2. The molecule has 1 aromatic heterocycles. The van der Waals surface area contributed by atoms with E-state index in [0.717, 1.165) is 31.1 Å². The van der Waals surface area contributed by atoms with E-state index in [9.17, 15) is 0 Å². The van der Waals surface area contributed by atoms with Crippen LogP contribution in [-0.2, 0) is 0 Å². The predicted molar refractivity (Wildman–Crippen MR) is 74.3 cm³/mol. The van der Waals surface area contributed by atoms with E-state index in [0.29, 0.717) is 0 Å². The van der Waals surface area contributed by atoms with E-state index >= 15 is 0 Å². The summed E-state index contributed by atoms with van der Waals surface area (Å²) in [5.74, 6) is 1.69. The normalized spacial score (nSPS) is 15.6. The first kappa shape index (κ1) is 12.0. The highest BCUT2D eigenvalue weighted by Crippen LogP contribution is 2.32. The summed E-state index contributed by atoms with van der Waals surface area (Å²) in [7, 11) is 0. The summed E-state index contributed by atoms with van der Waals surface area (Å²) in [4.78, 5) is 0. The summed E-state index contributed by atoms with van der Waals surface area (Å²) in [6.45, 7) is 3.57. The molecule has 1 unspecified atom stereocenters. The van der Waals surface area contributed by atoms with Gasteiger partial charge in [-0.25, -0.2) is 0 Å². The fraction of sp³-hybridized carbons (Fsp3) is 0.333. The SMILES string of the molecule is CC(Nn1cccc1)c1ccc2c(c1)OCCCO2. The van der Waals surface area contributed by atoms with Crippen LogP contribution in [0.1, 0.15) is 24.9 Å². The van der Waals surface area contributed by atoms with E-state index in [4.69, 9.17) is 9.47 Å². The van der Waals surface area contributed by atoms with Gasteiger partial charge in [-0.1, -0.05) is 6.07 Å². The number of hydrogen-bond acceptors (Lipinski definition) is 3. The van der Waals surface area contributed by atoms with E-state index in [1.54, 1.807) is 0 Å². The molecule has 4 heteroatoms. The van der Waals surface area contributed by atoms with E-state index in [1.165, 1.54) is 5.56 Å². The highest BCUT2D eigenvalue weighted by molar-refractivity contribution is 5.44. The average molecular weight is 258 g/mol. The number of nitrogens with zero attached hydrogens (tertiary/aromatic N) is 1. The molecule has 0 bridgehead atoms. The molecule has 1 atom stereocenters. The number of benzene rings is 1. The van der Waals surface area contributed by atoms with Crippen molar-refractivity contribution in [1.29, 1.82) is 0 Å². The fourth-order valence-electron chi connectivity index (χ4n) is 2.17. The van der Waals surface area contributed by atoms with Crippen molar-refractivity contribution in [2.24, 2.45) is 0 Å². The highest BCUT2D eigenvalue weighted by atomic mass is 16.5. The molecule has 0 aliphatic carbocycles. The minimum atomic E-state index is 0.199. The van der Waals surface area contributed by atoms with Gasteiger partial charge in [0.15, 0.2) is 11.5 Å². The third-order valence-corrected chi connectivity index (χ3v) is 3.22. The molecule has 0 fully saturated rings. The van der Waals surface area contributed by atoms with Crippen molar-refractivity contribution >= 4 is 0 Å². The van der Waals surface area contributed by atoms with E-state index in [1.807, 2.05) is 35.3 Å². The molecule has 2 heterocycles. The highest BCUT2D eigenvalue weighted by Gasteiger charge is 2.13. The van der Waals surface area contributed by atoms with Crippen molar-refractivity contribution < 1.29 is 9.47 Å². The number of rotatable bonds is 3. The van der Waals surface area contributed by atoms with Crippen molar-refractivity contribution in [3.8, 4) is 11.5 Å². The molecule has 1 aromatic carbocycles. The molecule has 0 saturated carbocycles. The molecule has 1 aliphatic rings. The van der Waals surface area contributed by atoms with Crippen molar-refractivity contribution in [2.75, 3.05) is 18.6 Å². The lowest BCUT2D eigenvalue weighted by Gasteiger charge is -2.18. The smallest absolute Gasteiger partial charge is 0.161 e. The Morgan fingerprint density at radius 1 is 1.11 bits per heavy atom. The summed E-state index contributed by atoms with van der Waals surface area (Å²) < 4.78 is 13.3. The lowest BCUT2D eigenvalue weighted by Crippen LogP contribution is -2.16. The second-order valence-corrected chi connectivity index (χ2v) is 4.70. The van der Waals surface area contributed by atoms with Crippen LogP contribution in [0.4, 0.5) is 0 Å². The summed E-state index contributed by atoms with van der Waals surface area (Å²) in [6.07, 6.45) is 4.90. The Morgan fingerprint density at radius 2 is 1.84 bits per heavy atom. The first-order valence-corrected chi connectivity index (χ1v) is 6.62. The maximum Gasteiger partial charge on any atom is 0.161 e. The molecule has 19 heavy (non-hydrogen) atoms. The van der Waals surface area contributed by atoms with Gasteiger partial charge >= 0.3 is 0 Å². The number of nitrogens with one attached hydrogen (secondary N) is 1. The monoisotopic (exact) mass is 258 g/mol. The first-order chi connectivity index (χ1) is 9.33. The predicted octanol–water partition coefficient (Wildman–Crippen LogP) is 2.95. The average Bonchev–Trinajstić information content (AvgIpc) is 2.81. The molecule has 0 spiro atoms. The Balaban J connectivity index is 1.79. The van der Waals surface area contributed by atoms with Crippen LogP contribution < -0.4 is 14.9 Å². The van der Waals surface area contributed by atoms with Crippen LogP contribution >= 0.6 is 0 Å². The Kier molecular flexibility index (Phi) is 3.31. The zero-order valence-electron chi connectivity index (χ0n) is 11.0. The van der Waals surface area contributed by atoms with E-state index in [-0.39, 0.29) is 6.04 Å². The Morgan fingerprint density at radius 3 is 2.63 bits per heavy atom. The zero-order valence-corrected chi connectivity index (χ0v) is 11.0. The lowest BCUT2D eigenvalue weighted by atomic mass is 10.1. The first-order valence-electron chi connectivity index (χ1n) is 6.62. The van der Waals surface area contributed by atoms with Gasteiger partial charge in [-0.3, -0.25) is 4.68 Å². The summed E-state index contributed by atoms with van der Waals surface area (Å²) in [5, 5.41) is 0. The number of fused-ring (bicyclic) bond motifs is 1. The summed E-state index contributed by atoms with van der Waals surface area (Å²) in [5.41, 5.74) is 4.56. The molecule has 0 saturated heterocycles. The largest absolute Gasteiger partial charge is 0.490 e. The number of aromatic nitrogens is 1. The van der Waals surface area contributed by atoms with E-state index < -0.39 is 0 Å². The summed E-state index contributed by atoms with van der Waals surface area (Å²) >= 11 is 0. The van der Waals surface area contributed by atoms with Gasteiger partial charge in [0.2, 0.25) is 0 Å². The van der Waals surface area contributed by atoms with Gasteiger partial charge in [-0.15, -0.1) is 0 Å². The maximum atomic E-state index is 5.71. The van der Waals surface area contributed by atoms with Gasteiger partial charge in [-0.2, -0.15) is 0 Å². The third kappa shape index (κ3) is 2.67. The van der Waals surface area contributed by atoms with Crippen LogP contribution in [0.15, 0.2) is 42.7 Å². The van der Waals surface area contributed by atoms with Crippen molar-refractivity contribution in [3.63, 3.8) is 0 Å². The van der Waals surface area contributed by atoms with Crippen LogP contribution in [0.25, 0.3) is 0 Å². The standard InChI is InChI=1S/C15H18N2O2/c1-12(16-17-7-2-3-8-17)13-5-6-14-15(11-13)19-10-4-9-18-14/h2-3,5-8,11-12,16H,4,9-10H2,1H3. The third-order valence-electron chi connectivity index (χ3n) is 3.22. The van der Waals surface area contributed by atoms with Crippen LogP contribution in [0.3, 0.4) is 0 Å². The fourth-order valence-corrected chi connectivity index (χ4v) is 2.17. The second kappa shape index (κ2) is 5.26. The Bertz CT molecular complexity index is 537. The molecule has 1 aliphatic heterocycles. The van der Waals surface area contributed by atoms with E-state index in [2.05, 4.69) is 24.5 Å². The van der Waals surface area contributed by atoms with Crippen molar-refractivity contribution in [3.05, 3.63) is 48.3 Å². The quantitative estimate of drug-likeness (QED) is 0.919. The second-order valence-electron chi connectivity index (χ2n) is 4.70. The molecule has 2 aromatic rings. The lowest BCUT2D eigenvalue weighted by molar-refractivity contribution is 0.297. The molecule has 3 rings (SSSR count).